The van der Waals surface area contributed by atoms with Gasteiger partial charge in [0.25, 0.3) is 0 Å². The van der Waals surface area contributed by atoms with Crippen LogP contribution in [0.2, 0.25) is 0 Å². The molecular weight excluding hydrogens is 480 g/mol. The summed E-state index contributed by atoms with van der Waals surface area (Å²) < 4.78 is 89.9. The van der Waals surface area contributed by atoms with E-state index in [-0.39, 0.29) is 4.90 Å². The van der Waals surface area contributed by atoms with Crippen molar-refractivity contribution in [2.45, 2.75) is 51.0 Å². The summed E-state index contributed by atoms with van der Waals surface area (Å²) in [5.41, 5.74) is 2.19. The van der Waals surface area contributed by atoms with Crippen molar-refractivity contribution < 1.29 is 64.5 Å². The fourth-order valence-corrected chi connectivity index (χ4v) is 3.58. The van der Waals surface area contributed by atoms with Gasteiger partial charge in [-0.3, -0.25) is 4.79 Å². The summed E-state index contributed by atoms with van der Waals surface area (Å²) in [6.07, 6.45) is -10.2. The molecular formula is C16H19F6NO8S. The second-order valence-corrected chi connectivity index (χ2v) is 7.67. The van der Waals surface area contributed by atoms with Crippen molar-refractivity contribution in [3.05, 3.63) is 28.8 Å². The van der Waals surface area contributed by atoms with E-state index in [0.29, 0.717) is 11.1 Å². The lowest BCUT2D eigenvalue weighted by Crippen LogP contribution is -2.38. The predicted octanol–water partition coefficient (Wildman–Crippen LogP) is 2.63. The largest absolute Gasteiger partial charge is 0.490 e. The van der Waals surface area contributed by atoms with E-state index >= 15 is 0 Å². The Kier molecular flexibility index (Phi) is 11.4. The molecule has 32 heavy (non-hydrogen) atoms. The molecule has 0 aromatic heterocycles. The topological polar surface area (TPSA) is 158 Å². The van der Waals surface area contributed by atoms with Crippen LogP contribution in [0.5, 0.6) is 0 Å². The third-order valence-electron chi connectivity index (χ3n) is 3.06. The average molecular weight is 499 g/mol. The number of nitrogens with one attached hydrogen (secondary N) is 1. The summed E-state index contributed by atoms with van der Waals surface area (Å²) in [5.74, 6) is -6.72. The highest BCUT2D eigenvalue weighted by Crippen LogP contribution is 2.21. The van der Waals surface area contributed by atoms with Gasteiger partial charge in [-0.05, 0) is 38.8 Å². The van der Waals surface area contributed by atoms with Crippen molar-refractivity contribution in [1.29, 1.82) is 0 Å². The van der Waals surface area contributed by atoms with Crippen LogP contribution in [-0.2, 0) is 24.4 Å². The molecule has 0 heterocycles. The fraction of sp³-hybridized carbons (Fsp3) is 0.438. The first kappa shape index (κ1) is 31.3. The number of halogens is 6. The number of hydrogen-bond donors (Lipinski definition) is 4. The molecule has 0 amide bonds. The van der Waals surface area contributed by atoms with Crippen LogP contribution in [0.25, 0.3) is 0 Å². The fourth-order valence-electron chi connectivity index (χ4n) is 1.93. The monoisotopic (exact) mass is 499 g/mol. The summed E-state index contributed by atoms with van der Waals surface area (Å²) >= 11 is 0. The van der Waals surface area contributed by atoms with Gasteiger partial charge in [-0.1, -0.05) is 17.7 Å². The Morgan fingerprint density at radius 3 is 1.34 bits per heavy atom. The molecule has 0 aliphatic carbocycles. The molecule has 0 spiro atoms. The Hall–Kier alpha value is -2.88. The lowest BCUT2D eigenvalue weighted by Gasteiger charge is -2.15. The van der Waals surface area contributed by atoms with Gasteiger partial charge >= 0.3 is 30.3 Å². The van der Waals surface area contributed by atoms with Gasteiger partial charge in [-0.25, -0.2) is 18.0 Å². The summed E-state index contributed by atoms with van der Waals surface area (Å²) in [5, 5.41) is 23.0. The van der Waals surface area contributed by atoms with Crippen LogP contribution in [0.15, 0.2) is 17.0 Å². The molecule has 1 unspecified atom stereocenters. The van der Waals surface area contributed by atoms with Crippen LogP contribution in [-0.4, -0.2) is 60.0 Å². The summed E-state index contributed by atoms with van der Waals surface area (Å²) in [6, 6.07) is 2.36. The molecule has 0 aliphatic heterocycles. The number of carbonyl (C=O) groups is 3. The van der Waals surface area contributed by atoms with Crippen molar-refractivity contribution in [3.63, 3.8) is 0 Å². The Labute approximate surface area is 177 Å². The van der Waals surface area contributed by atoms with E-state index in [9.17, 15) is 39.6 Å². The lowest BCUT2D eigenvalue weighted by atomic mass is 10.1. The first-order valence-electron chi connectivity index (χ1n) is 7.97. The first-order valence-corrected chi connectivity index (χ1v) is 9.45. The zero-order chi connectivity index (χ0) is 26.2. The normalized spacial score (nSPS) is 12.4. The minimum Gasteiger partial charge on any atom is -0.480 e. The molecule has 184 valence electrons. The van der Waals surface area contributed by atoms with Gasteiger partial charge in [0.15, 0.2) is 0 Å². The molecule has 0 fully saturated rings. The van der Waals surface area contributed by atoms with Crippen LogP contribution in [0.1, 0.15) is 23.6 Å². The van der Waals surface area contributed by atoms with Gasteiger partial charge in [0, 0.05) is 0 Å². The Balaban J connectivity index is 0. The van der Waals surface area contributed by atoms with Gasteiger partial charge in [-0.15, -0.1) is 0 Å². The van der Waals surface area contributed by atoms with Crippen molar-refractivity contribution in [1.82, 2.24) is 4.72 Å². The van der Waals surface area contributed by atoms with Gasteiger partial charge < -0.3 is 15.3 Å². The van der Waals surface area contributed by atoms with E-state index in [1.165, 1.54) is 6.92 Å². The highest BCUT2D eigenvalue weighted by Gasteiger charge is 2.38. The van der Waals surface area contributed by atoms with Gasteiger partial charge in [0.05, 0.1) is 4.90 Å². The smallest absolute Gasteiger partial charge is 0.480 e. The summed E-state index contributed by atoms with van der Waals surface area (Å²) in [4.78, 5) is 28.7. The molecule has 0 bridgehead atoms. The maximum Gasteiger partial charge on any atom is 0.490 e. The number of aryl methyl sites for hydroxylation is 3. The molecule has 0 radical (unpaired) electrons. The number of carboxylic acids is 3. The van der Waals surface area contributed by atoms with E-state index in [0.717, 1.165) is 5.56 Å². The molecule has 9 nitrogen and oxygen atoms in total. The Morgan fingerprint density at radius 2 is 1.12 bits per heavy atom. The molecule has 16 heteroatoms. The lowest BCUT2D eigenvalue weighted by molar-refractivity contribution is -0.193. The van der Waals surface area contributed by atoms with Crippen molar-refractivity contribution in [2.75, 3.05) is 0 Å². The average Bonchev–Trinajstić information content (AvgIpc) is 2.52. The van der Waals surface area contributed by atoms with Crippen molar-refractivity contribution >= 4 is 27.9 Å². The van der Waals surface area contributed by atoms with Gasteiger partial charge in [0.1, 0.15) is 6.04 Å². The van der Waals surface area contributed by atoms with Crippen LogP contribution < -0.4 is 4.72 Å². The number of rotatable bonds is 4. The molecule has 4 N–H and O–H groups in total. The van der Waals surface area contributed by atoms with Gasteiger partial charge in [-0.2, -0.15) is 31.1 Å². The van der Waals surface area contributed by atoms with Crippen LogP contribution in [0.3, 0.4) is 0 Å². The van der Waals surface area contributed by atoms with Crippen molar-refractivity contribution in [3.8, 4) is 0 Å². The zero-order valence-corrected chi connectivity index (χ0v) is 17.6. The zero-order valence-electron chi connectivity index (χ0n) is 16.8. The number of hydrogen-bond acceptors (Lipinski definition) is 5. The molecule has 0 saturated carbocycles. The number of carboxylic acid groups (broad SMARTS) is 3. The number of alkyl halides is 6. The van der Waals surface area contributed by atoms with Crippen LogP contribution >= 0.6 is 0 Å². The standard InChI is InChI=1S/C12H17NO4S.2C2HF3O2/c1-7-5-8(2)11(9(3)6-7)18(16,17)13-10(4)12(14)15;2*3-2(4,5)1(6)7/h5-6,10,13H,1-4H3,(H,14,15);2*(H,6,7). The molecule has 1 rings (SSSR count). The van der Waals surface area contributed by atoms with Crippen LogP contribution in [0.4, 0.5) is 26.3 Å². The van der Waals surface area contributed by atoms with Crippen molar-refractivity contribution in [2.24, 2.45) is 0 Å². The predicted molar refractivity (Wildman–Crippen MR) is 95.5 cm³/mol. The van der Waals surface area contributed by atoms with E-state index in [4.69, 9.17) is 24.9 Å². The summed E-state index contributed by atoms with van der Waals surface area (Å²) in [6.45, 7) is 6.56. The maximum atomic E-state index is 12.1. The highest BCUT2D eigenvalue weighted by atomic mass is 32.2. The quantitative estimate of drug-likeness (QED) is 0.461. The third-order valence-corrected chi connectivity index (χ3v) is 4.91. The van der Waals surface area contributed by atoms with E-state index in [2.05, 4.69) is 4.72 Å². The molecule has 0 saturated heterocycles. The van der Waals surface area contributed by atoms with Gasteiger partial charge in [0.2, 0.25) is 10.0 Å². The first-order chi connectivity index (χ1) is 14.0. The minimum atomic E-state index is -5.08. The minimum absolute atomic E-state index is 0.154. The molecule has 0 aliphatic rings. The third kappa shape index (κ3) is 11.5. The second-order valence-electron chi connectivity index (χ2n) is 6.01. The van der Waals surface area contributed by atoms with E-state index in [1.807, 2.05) is 6.92 Å². The second kappa shape index (κ2) is 11.7. The van der Waals surface area contributed by atoms with E-state index in [1.54, 1.807) is 26.0 Å². The maximum absolute atomic E-state index is 12.1. The summed E-state index contributed by atoms with van der Waals surface area (Å²) in [7, 11) is -3.81. The number of aliphatic carboxylic acids is 3. The number of benzene rings is 1. The highest BCUT2D eigenvalue weighted by molar-refractivity contribution is 7.89. The number of sulfonamides is 1. The molecule has 1 aromatic rings. The van der Waals surface area contributed by atoms with E-state index < -0.39 is 46.3 Å². The molecule has 1 atom stereocenters. The Morgan fingerprint density at radius 1 is 0.844 bits per heavy atom. The van der Waals surface area contributed by atoms with Crippen LogP contribution in [0, 0.1) is 20.8 Å². The Bertz CT molecular complexity index is 894. The SMILES string of the molecule is Cc1cc(C)c(S(=O)(=O)NC(C)C(=O)O)c(C)c1.O=C(O)C(F)(F)F.O=C(O)C(F)(F)F. The molecule has 1 aromatic carbocycles.